The first kappa shape index (κ1) is 11.2. The van der Waals surface area contributed by atoms with Crippen LogP contribution in [0.1, 0.15) is 24.5 Å². The van der Waals surface area contributed by atoms with Crippen LogP contribution in [-0.4, -0.2) is 18.2 Å². The van der Waals surface area contributed by atoms with Crippen LogP contribution in [0, 0.1) is 5.92 Å². The first-order valence-electron chi connectivity index (χ1n) is 6.21. The maximum absolute atomic E-state index is 10.5. The van der Waals surface area contributed by atoms with E-state index in [4.69, 9.17) is 0 Å². The summed E-state index contributed by atoms with van der Waals surface area (Å²) >= 11 is 1.73. The summed E-state index contributed by atoms with van der Waals surface area (Å²) in [6.45, 7) is 2.06. The molecular weight excluding hydrogens is 230 g/mol. The van der Waals surface area contributed by atoms with Crippen molar-refractivity contribution in [3.8, 4) is 0 Å². The molecule has 1 fully saturated rings. The highest BCUT2D eigenvalue weighted by atomic mass is 32.1. The molecule has 0 amide bonds. The number of hydrogen-bond donors (Lipinski definition) is 2. The first-order valence-corrected chi connectivity index (χ1v) is 7.09. The molecular formula is C14H17NOS. The van der Waals surface area contributed by atoms with Gasteiger partial charge >= 0.3 is 0 Å². The Morgan fingerprint density at radius 2 is 2.00 bits per heavy atom. The van der Waals surface area contributed by atoms with Gasteiger partial charge in [0.15, 0.2) is 0 Å². The Bertz CT molecular complexity index is 502. The smallest absolute Gasteiger partial charge is 0.0833 e. The summed E-state index contributed by atoms with van der Waals surface area (Å²) in [5.74, 6) is 0.411. The lowest BCUT2D eigenvalue weighted by molar-refractivity contribution is 0.0905. The molecule has 2 aromatic rings. The molecule has 1 aliphatic rings. The summed E-state index contributed by atoms with van der Waals surface area (Å²) in [7, 11) is 0. The highest BCUT2D eigenvalue weighted by Gasteiger charge is 2.24. The van der Waals surface area contributed by atoms with Crippen LogP contribution in [0.2, 0.25) is 0 Å². The second-order valence-electron chi connectivity index (χ2n) is 4.72. The monoisotopic (exact) mass is 247 g/mol. The molecule has 2 heterocycles. The lowest BCUT2D eigenvalue weighted by Gasteiger charge is -2.27. The van der Waals surface area contributed by atoms with E-state index in [0.29, 0.717) is 5.92 Å². The lowest BCUT2D eigenvalue weighted by Crippen LogP contribution is -2.30. The number of benzene rings is 1. The molecule has 1 atom stereocenters. The predicted octanol–water partition coefficient (Wildman–Crippen LogP) is 2.93. The zero-order valence-corrected chi connectivity index (χ0v) is 10.5. The average molecular weight is 247 g/mol. The Morgan fingerprint density at radius 1 is 1.24 bits per heavy atom. The number of fused-ring (bicyclic) bond motifs is 1. The molecule has 90 valence electrons. The van der Waals surface area contributed by atoms with Gasteiger partial charge < -0.3 is 10.4 Å². The van der Waals surface area contributed by atoms with Gasteiger partial charge in [-0.15, -0.1) is 11.3 Å². The number of piperidine rings is 1. The highest BCUT2D eigenvalue weighted by Crippen LogP contribution is 2.36. The highest BCUT2D eigenvalue weighted by molar-refractivity contribution is 7.17. The predicted molar refractivity (Wildman–Crippen MR) is 72.4 cm³/mol. The van der Waals surface area contributed by atoms with E-state index in [-0.39, 0.29) is 6.10 Å². The van der Waals surface area contributed by atoms with Crippen molar-refractivity contribution in [1.29, 1.82) is 0 Å². The van der Waals surface area contributed by atoms with Crippen LogP contribution in [0.4, 0.5) is 0 Å². The fourth-order valence-electron chi connectivity index (χ4n) is 2.64. The normalized spacial score (nSPS) is 19.6. The minimum absolute atomic E-state index is 0.298. The van der Waals surface area contributed by atoms with E-state index in [9.17, 15) is 5.11 Å². The Kier molecular flexibility index (Phi) is 3.14. The third-order valence-electron chi connectivity index (χ3n) is 3.66. The van der Waals surface area contributed by atoms with Gasteiger partial charge in [0, 0.05) is 4.70 Å². The molecule has 2 N–H and O–H groups in total. The van der Waals surface area contributed by atoms with E-state index in [1.807, 2.05) is 6.07 Å². The molecule has 1 aromatic heterocycles. The minimum atomic E-state index is -0.298. The second kappa shape index (κ2) is 4.77. The van der Waals surface area contributed by atoms with Gasteiger partial charge in [0.2, 0.25) is 0 Å². The van der Waals surface area contributed by atoms with E-state index in [2.05, 4.69) is 28.9 Å². The van der Waals surface area contributed by atoms with Crippen LogP contribution >= 0.6 is 11.3 Å². The Hall–Kier alpha value is -0.900. The van der Waals surface area contributed by atoms with Crippen molar-refractivity contribution in [2.45, 2.75) is 18.9 Å². The molecule has 0 spiro atoms. The summed E-state index contributed by atoms with van der Waals surface area (Å²) in [6.07, 6.45) is 1.85. The van der Waals surface area contributed by atoms with Crippen LogP contribution in [0.5, 0.6) is 0 Å². The zero-order chi connectivity index (χ0) is 11.7. The van der Waals surface area contributed by atoms with Crippen molar-refractivity contribution >= 4 is 21.4 Å². The van der Waals surface area contributed by atoms with Gasteiger partial charge in [-0.1, -0.05) is 18.2 Å². The second-order valence-corrected chi connectivity index (χ2v) is 5.63. The Labute approximate surface area is 105 Å². The van der Waals surface area contributed by atoms with Crippen LogP contribution in [0.15, 0.2) is 29.6 Å². The number of nitrogens with one attached hydrogen (secondary N) is 1. The van der Waals surface area contributed by atoms with Crippen LogP contribution in [-0.2, 0) is 0 Å². The first-order chi connectivity index (χ1) is 8.36. The Balaban J connectivity index is 1.92. The van der Waals surface area contributed by atoms with Gasteiger partial charge in [0.25, 0.3) is 0 Å². The topological polar surface area (TPSA) is 32.3 Å². The summed E-state index contributed by atoms with van der Waals surface area (Å²) in [5, 5.41) is 17.2. The molecule has 0 aliphatic carbocycles. The molecule has 1 aliphatic heterocycles. The van der Waals surface area contributed by atoms with Gasteiger partial charge in [-0.25, -0.2) is 0 Å². The summed E-state index contributed by atoms with van der Waals surface area (Å²) < 4.78 is 1.27. The van der Waals surface area contributed by atoms with Crippen LogP contribution < -0.4 is 5.32 Å². The average Bonchev–Trinajstić information content (AvgIpc) is 2.83. The van der Waals surface area contributed by atoms with E-state index < -0.39 is 0 Å². The van der Waals surface area contributed by atoms with Gasteiger partial charge in [0.05, 0.1) is 6.10 Å². The molecule has 1 saturated heterocycles. The van der Waals surface area contributed by atoms with E-state index in [1.165, 1.54) is 10.1 Å². The third-order valence-corrected chi connectivity index (χ3v) is 4.64. The lowest BCUT2D eigenvalue weighted by atomic mass is 9.88. The minimum Gasteiger partial charge on any atom is -0.388 e. The molecule has 17 heavy (non-hydrogen) atoms. The van der Waals surface area contributed by atoms with Crippen LogP contribution in [0.3, 0.4) is 0 Å². The van der Waals surface area contributed by atoms with Gasteiger partial charge in [-0.05, 0) is 54.2 Å². The number of rotatable bonds is 2. The zero-order valence-electron chi connectivity index (χ0n) is 9.73. The fraction of sp³-hybridized carbons (Fsp3) is 0.429. The molecule has 2 nitrogen and oxygen atoms in total. The van der Waals surface area contributed by atoms with E-state index in [0.717, 1.165) is 31.5 Å². The fourth-order valence-corrected chi connectivity index (χ4v) is 3.63. The largest absolute Gasteiger partial charge is 0.388 e. The Morgan fingerprint density at radius 3 is 2.82 bits per heavy atom. The molecule has 0 radical (unpaired) electrons. The van der Waals surface area contributed by atoms with E-state index >= 15 is 0 Å². The maximum atomic E-state index is 10.5. The number of hydrogen-bond acceptors (Lipinski definition) is 3. The third kappa shape index (κ3) is 2.10. The quantitative estimate of drug-likeness (QED) is 0.855. The summed E-state index contributed by atoms with van der Waals surface area (Å²) in [5.41, 5.74) is 1.12. The van der Waals surface area contributed by atoms with Crippen molar-refractivity contribution in [1.82, 2.24) is 5.32 Å². The van der Waals surface area contributed by atoms with Crippen molar-refractivity contribution in [2.75, 3.05) is 13.1 Å². The molecule has 0 bridgehead atoms. The van der Waals surface area contributed by atoms with Crippen LogP contribution in [0.25, 0.3) is 10.1 Å². The van der Waals surface area contributed by atoms with Crippen molar-refractivity contribution in [3.05, 3.63) is 35.2 Å². The number of aliphatic hydroxyl groups excluding tert-OH is 1. The van der Waals surface area contributed by atoms with Gasteiger partial charge in [-0.2, -0.15) is 0 Å². The van der Waals surface area contributed by atoms with Gasteiger partial charge in [0.1, 0.15) is 0 Å². The SMILES string of the molecule is OC(c1csc2ccccc12)C1CCNCC1. The summed E-state index contributed by atoms with van der Waals surface area (Å²) in [6, 6.07) is 8.34. The van der Waals surface area contributed by atoms with E-state index in [1.54, 1.807) is 11.3 Å². The molecule has 1 aromatic carbocycles. The van der Waals surface area contributed by atoms with Crippen molar-refractivity contribution in [2.24, 2.45) is 5.92 Å². The van der Waals surface area contributed by atoms with Crippen molar-refractivity contribution < 1.29 is 5.11 Å². The molecule has 3 heteroatoms. The van der Waals surface area contributed by atoms with Crippen molar-refractivity contribution in [3.63, 3.8) is 0 Å². The van der Waals surface area contributed by atoms with Gasteiger partial charge in [-0.3, -0.25) is 0 Å². The number of aliphatic hydroxyl groups is 1. The molecule has 3 rings (SSSR count). The summed E-state index contributed by atoms with van der Waals surface area (Å²) in [4.78, 5) is 0. The molecule has 0 saturated carbocycles. The maximum Gasteiger partial charge on any atom is 0.0833 e. The standard InChI is InChI=1S/C14H17NOS/c16-14(10-5-7-15-8-6-10)12-9-17-13-4-2-1-3-11(12)13/h1-4,9-10,14-16H,5-8H2. The number of thiophene rings is 1. The molecule has 1 unspecified atom stereocenters.